The van der Waals surface area contributed by atoms with Crippen molar-refractivity contribution in [2.75, 3.05) is 19.9 Å². The summed E-state index contributed by atoms with van der Waals surface area (Å²) in [6.07, 6.45) is 18.8. The monoisotopic (exact) mass is 385 g/mol. The number of esters is 1. The molecule has 27 heavy (non-hydrogen) atoms. The Balaban J connectivity index is 3.93. The third-order valence-corrected chi connectivity index (χ3v) is 5.25. The van der Waals surface area contributed by atoms with Gasteiger partial charge in [0.2, 0.25) is 0 Å². The molecule has 0 aliphatic heterocycles. The molecule has 1 atom stereocenters. The van der Waals surface area contributed by atoms with E-state index in [9.17, 15) is 4.79 Å². The minimum absolute atomic E-state index is 0.0435. The summed E-state index contributed by atoms with van der Waals surface area (Å²) in [7, 11) is 0. The Bertz CT molecular complexity index is 310. The number of unbranched alkanes of at least 4 members (excludes halogenated alkanes) is 11. The highest BCUT2D eigenvalue weighted by atomic mass is 16.5. The van der Waals surface area contributed by atoms with Gasteiger partial charge in [-0.3, -0.25) is 10.1 Å². The molecule has 0 aliphatic rings. The number of hydrogen-bond donors (Lipinski definition) is 2. The summed E-state index contributed by atoms with van der Waals surface area (Å²) in [5.74, 6) is 0.156. The van der Waals surface area contributed by atoms with E-state index in [4.69, 9.17) is 9.84 Å². The molecule has 2 N–H and O–H groups in total. The van der Waals surface area contributed by atoms with Gasteiger partial charge in [-0.25, -0.2) is 0 Å². The van der Waals surface area contributed by atoms with E-state index in [1.54, 1.807) is 0 Å². The summed E-state index contributed by atoms with van der Waals surface area (Å²) < 4.78 is 5.59. The third-order valence-electron chi connectivity index (χ3n) is 5.25. The molecule has 4 nitrogen and oxygen atoms in total. The summed E-state index contributed by atoms with van der Waals surface area (Å²) in [4.78, 5) is 12.5. The molecule has 0 aromatic rings. The first-order valence-corrected chi connectivity index (χ1v) is 11.7. The molecule has 0 aliphatic carbocycles. The van der Waals surface area contributed by atoms with Crippen LogP contribution in [0.4, 0.5) is 0 Å². The number of rotatable bonds is 21. The zero-order valence-corrected chi connectivity index (χ0v) is 18.3. The second-order valence-electron chi connectivity index (χ2n) is 7.84. The summed E-state index contributed by atoms with van der Waals surface area (Å²) >= 11 is 0. The summed E-state index contributed by atoms with van der Waals surface area (Å²) in [5.41, 5.74) is 0. The second-order valence-corrected chi connectivity index (χ2v) is 7.84. The Labute approximate surface area is 168 Å². The van der Waals surface area contributed by atoms with Crippen LogP contribution in [0.2, 0.25) is 0 Å². The summed E-state index contributed by atoms with van der Waals surface area (Å²) in [5, 5.41) is 11.6. The van der Waals surface area contributed by atoms with Crippen molar-refractivity contribution >= 4 is 5.97 Å². The van der Waals surface area contributed by atoms with Gasteiger partial charge >= 0.3 is 5.97 Å². The van der Waals surface area contributed by atoms with Crippen LogP contribution in [0.5, 0.6) is 0 Å². The maximum atomic E-state index is 12.5. The highest BCUT2D eigenvalue weighted by Crippen LogP contribution is 2.20. The van der Waals surface area contributed by atoms with E-state index in [1.165, 1.54) is 51.4 Å². The number of hydrogen-bond acceptors (Lipinski definition) is 4. The second kappa shape index (κ2) is 21.7. The lowest BCUT2D eigenvalue weighted by Crippen LogP contribution is -2.19. The van der Waals surface area contributed by atoms with Crippen LogP contribution in [0.25, 0.3) is 0 Å². The van der Waals surface area contributed by atoms with Gasteiger partial charge in [-0.2, -0.15) is 0 Å². The van der Waals surface area contributed by atoms with Gasteiger partial charge in [0.15, 0.2) is 0 Å². The average Bonchev–Trinajstić information content (AvgIpc) is 2.68. The van der Waals surface area contributed by atoms with E-state index in [2.05, 4.69) is 19.2 Å². The number of aliphatic hydroxyl groups excluding tert-OH is 1. The maximum Gasteiger partial charge on any atom is 0.308 e. The maximum absolute atomic E-state index is 12.5. The fourth-order valence-corrected chi connectivity index (χ4v) is 3.44. The Kier molecular flexibility index (Phi) is 21.2. The molecule has 0 aromatic carbocycles. The van der Waals surface area contributed by atoms with Gasteiger partial charge in [0, 0.05) is 0 Å². The van der Waals surface area contributed by atoms with E-state index < -0.39 is 0 Å². The molecular formula is C23H47NO3. The molecule has 0 amide bonds. The molecule has 0 bridgehead atoms. The first-order chi connectivity index (χ1) is 13.3. The summed E-state index contributed by atoms with van der Waals surface area (Å²) in [6, 6.07) is 0. The standard InChI is InChI=1S/C23H47NO3/c1-3-5-7-9-10-14-18-22(17-13-8-6-4-2)23(26)27-20-16-12-11-15-19-24-21-25/h22,24-25H,3-21H2,1-2H3. The smallest absolute Gasteiger partial charge is 0.308 e. The molecule has 0 rings (SSSR count). The zero-order chi connectivity index (χ0) is 20.0. The minimum atomic E-state index is 0.0435. The molecule has 4 heteroatoms. The van der Waals surface area contributed by atoms with Crippen molar-refractivity contribution in [2.24, 2.45) is 5.92 Å². The predicted molar refractivity (Wildman–Crippen MR) is 115 cm³/mol. The molecule has 0 saturated heterocycles. The molecular weight excluding hydrogens is 338 g/mol. The Hall–Kier alpha value is -0.610. The van der Waals surface area contributed by atoms with Crippen molar-refractivity contribution < 1.29 is 14.6 Å². The largest absolute Gasteiger partial charge is 0.465 e. The van der Waals surface area contributed by atoms with E-state index in [1.807, 2.05) is 0 Å². The van der Waals surface area contributed by atoms with Gasteiger partial charge in [-0.15, -0.1) is 0 Å². The van der Waals surface area contributed by atoms with Crippen molar-refractivity contribution in [3.05, 3.63) is 0 Å². The van der Waals surface area contributed by atoms with E-state index in [0.29, 0.717) is 6.61 Å². The van der Waals surface area contributed by atoms with Crippen molar-refractivity contribution in [1.82, 2.24) is 5.32 Å². The van der Waals surface area contributed by atoms with Gasteiger partial charge in [0.1, 0.15) is 0 Å². The van der Waals surface area contributed by atoms with Crippen LogP contribution in [-0.2, 0) is 9.53 Å². The van der Waals surface area contributed by atoms with Gasteiger partial charge in [0.25, 0.3) is 0 Å². The molecule has 0 saturated carbocycles. The number of nitrogens with one attached hydrogen (secondary N) is 1. The van der Waals surface area contributed by atoms with Crippen LogP contribution < -0.4 is 5.32 Å². The molecule has 0 radical (unpaired) electrons. The Morgan fingerprint density at radius 1 is 0.778 bits per heavy atom. The van der Waals surface area contributed by atoms with Crippen LogP contribution in [-0.4, -0.2) is 31.0 Å². The van der Waals surface area contributed by atoms with Crippen molar-refractivity contribution in [2.45, 2.75) is 117 Å². The van der Waals surface area contributed by atoms with Crippen molar-refractivity contribution in [3.8, 4) is 0 Å². The van der Waals surface area contributed by atoms with Crippen LogP contribution >= 0.6 is 0 Å². The fraction of sp³-hybridized carbons (Fsp3) is 0.957. The molecule has 162 valence electrons. The highest BCUT2D eigenvalue weighted by molar-refractivity contribution is 5.72. The predicted octanol–water partition coefficient (Wildman–Crippen LogP) is 5.97. The first kappa shape index (κ1) is 26.4. The Morgan fingerprint density at radius 3 is 1.93 bits per heavy atom. The van der Waals surface area contributed by atoms with Crippen molar-refractivity contribution in [1.29, 1.82) is 0 Å². The van der Waals surface area contributed by atoms with Gasteiger partial charge < -0.3 is 9.84 Å². The molecule has 1 unspecified atom stereocenters. The van der Waals surface area contributed by atoms with Crippen LogP contribution in [0.1, 0.15) is 117 Å². The normalized spacial score (nSPS) is 12.3. The SMILES string of the molecule is CCCCCCCCC(CCCCCC)C(=O)OCCCCCCNCO. The molecule has 0 aromatic heterocycles. The van der Waals surface area contributed by atoms with Gasteiger partial charge in [-0.05, 0) is 32.2 Å². The fourth-order valence-electron chi connectivity index (χ4n) is 3.44. The lowest BCUT2D eigenvalue weighted by Gasteiger charge is -2.16. The number of carbonyl (C=O) groups excluding carboxylic acids is 1. The van der Waals surface area contributed by atoms with Crippen LogP contribution in [0.3, 0.4) is 0 Å². The first-order valence-electron chi connectivity index (χ1n) is 11.7. The topological polar surface area (TPSA) is 58.6 Å². The van der Waals surface area contributed by atoms with Crippen LogP contribution in [0, 0.1) is 5.92 Å². The minimum Gasteiger partial charge on any atom is -0.465 e. The van der Waals surface area contributed by atoms with Gasteiger partial charge in [0.05, 0.1) is 19.3 Å². The number of ether oxygens (including phenoxy) is 1. The number of carbonyl (C=O) groups is 1. The lowest BCUT2D eigenvalue weighted by molar-refractivity contribution is -0.149. The summed E-state index contributed by atoms with van der Waals surface area (Å²) in [6.45, 7) is 5.94. The Morgan fingerprint density at radius 2 is 1.30 bits per heavy atom. The molecule has 0 fully saturated rings. The van der Waals surface area contributed by atoms with Crippen LogP contribution in [0.15, 0.2) is 0 Å². The van der Waals surface area contributed by atoms with E-state index in [0.717, 1.165) is 57.9 Å². The lowest BCUT2D eigenvalue weighted by atomic mass is 9.94. The van der Waals surface area contributed by atoms with Gasteiger partial charge in [-0.1, -0.05) is 90.9 Å². The zero-order valence-electron chi connectivity index (χ0n) is 18.3. The number of aliphatic hydroxyl groups is 1. The highest BCUT2D eigenvalue weighted by Gasteiger charge is 2.19. The third kappa shape index (κ3) is 18.5. The quantitative estimate of drug-likeness (QED) is 0.145. The molecule has 0 heterocycles. The average molecular weight is 386 g/mol. The van der Waals surface area contributed by atoms with E-state index in [-0.39, 0.29) is 18.6 Å². The van der Waals surface area contributed by atoms with Crippen molar-refractivity contribution in [3.63, 3.8) is 0 Å². The van der Waals surface area contributed by atoms with E-state index >= 15 is 0 Å². The molecule has 0 spiro atoms.